The minimum Gasteiger partial charge on any atom is -0.383 e. The van der Waals surface area contributed by atoms with Gasteiger partial charge in [-0.3, -0.25) is 0 Å². The highest BCUT2D eigenvalue weighted by Gasteiger charge is 2.02. The molecule has 102 valence electrons. The maximum absolute atomic E-state index is 4.98. The van der Waals surface area contributed by atoms with E-state index in [4.69, 9.17) is 4.74 Å². The molecule has 4 nitrogen and oxygen atoms in total. The number of hydrogen-bond acceptors (Lipinski definition) is 3. The van der Waals surface area contributed by atoms with Crippen LogP contribution >= 0.6 is 15.9 Å². The molecule has 0 atom stereocenters. The SMILES string of the molecule is COCCNCc1cnc(Cc2ccc(Br)cc2)[nH]1. The molecule has 1 aromatic heterocycles. The number of nitrogens with one attached hydrogen (secondary N) is 2. The summed E-state index contributed by atoms with van der Waals surface area (Å²) in [7, 11) is 1.70. The van der Waals surface area contributed by atoms with Crippen molar-refractivity contribution < 1.29 is 4.74 Å². The summed E-state index contributed by atoms with van der Waals surface area (Å²) in [6, 6.07) is 8.29. The fourth-order valence-corrected chi connectivity index (χ4v) is 2.04. The Morgan fingerprint density at radius 3 is 2.84 bits per heavy atom. The molecule has 0 saturated heterocycles. The van der Waals surface area contributed by atoms with E-state index in [0.29, 0.717) is 0 Å². The minimum atomic E-state index is 0.722. The van der Waals surface area contributed by atoms with E-state index in [9.17, 15) is 0 Å². The molecule has 0 saturated carbocycles. The van der Waals surface area contributed by atoms with E-state index in [-0.39, 0.29) is 0 Å². The number of nitrogens with zero attached hydrogens (tertiary/aromatic N) is 1. The van der Waals surface area contributed by atoms with E-state index in [2.05, 4.69) is 43.3 Å². The molecule has 1 heterocycles. The van der Waals surface area contributed by atoms with Gasteiger partial charge in [-0.15, -0.1) is 0 Å². The third-order valence-corrected chi connectivity index (χ3v) is 3.29. The first-order chi connectivity index (χ1) is 9.28. The summed E-state index contributed by atoms with van der Waals surface area (Å²) in [5.41, 5.74) is 2.35. The van der Waals surface area contributed by atoms with Crippen LogP contribution in [-0.4, -0.2) is 30.2 Å². The Balaban J connectivity index is 1.85. The molecule has 1 aromatic carbocycles. The molecule has 2 rings (SSSR count). The molecular formula is C14H18BrN3O. The van der Waals surface area contributed by atoms with Gasteiger partial charge in [0.25, 0.3) is 0 Å². The summed E-state index contributed by atoms with van der Waals surface area (Å²) in [5, 5.41) is 3.28. The highest BCUT2D eigenvalue weighted by atomic mass is 79.9. The van der Waals surface area contributed by atoms with Crippen LogP contribution in [0.3, 0.4) is 0 Å². The van der Waals surface area contributed by atoms with Gasteiger partial charge in [0.2, 0.25) is 0 Å². The molecule has 0 radical (unpaired) electrons. The summed E-state index contributed by atoms with van der Waals surface area (Å²) in [5.74, 6) is 0.992. The van der Waals surface area contributed by atoms with Crippen LogP contribution in [0.2, 0.25) is 0 Å². The minimum absolute atomic E-state index is 0.722. The van der Waals surface area contributed by atoms with E-state index in [0.717, 1.165) is 42.1 Å². The van der Waals surface area contributed by atoms with Crippen LogP contribution in [0.15, 0.2) is 34.9 Å². The number of benzene rings is 1. The predicted molar refractivity (Wildman–Crippen MR) is 79.1 cm³/mol. The van der Waals surface area contributed by atoms with Crippen molar-refractivity contribution in [1.82, 2.24) is 15.3 Å². The van der Waals surface area contributed by atoms with Gasteiger partial charge in [-0.2, -0.15) is 0 Å². The molecule has 19 heavy (non-hydrogen) atoms. The second-order valence-corrected chi connectivity index (χ2v) is 5.24. The molecule has 0 aliphatic carbocycles. The number of imidazole rings is 1. The van der Waals surface area contributed by atoms with Gasteiger partial charge in [-0.25, -0.2) is 4.98 Å². The Hall–Kier alpha value is -1.17. The number of rotatable bonds is 7. The summed E-state index contributed by atoms with van der Waals surface area (Å²) in [4.78, 5) is 7.72. The molecule has 2 aromatic rings. The highest BCUT2D eigenvalue weighted by molar-refractivity contribution is 9.10. The number of methoxy groups -OCH3 is 1. The first-order valence-corrected chi connectivity index (χ1v) is 7.04. The van der Waals surface area contributed by atoms with Gasteiger partial charge in [0.05, 0.1) is 6.61 Å². The van der Waals surface area contributed by atoms with Gasteiger partial charge in [-0.05, 0) is 17.7 Å². The van der Waals surface area contributed by atoms with Crippen LogP contribution < -0.4 is 5.32 Å². The van der Waals surface area contributed by atoms with Gasteiger partial charge in [0, 0.05) is 43.0 Å². The van der Waals surface area contributed by atoms with Crippen molar-refractivity contribution in [2.45, 2.75) is 13.0 Å². The first kappa shape index (κ1) is 14.2. The molecule has 0 aliphatic rings. The lowest BCUT2D eigenvalue weighted by atomic mass is 10.1. The smallest absolute Gasteiger partial charge is 0.110 e. The van der Waals surface area contributed by atoms with Crippen LogP contribution in [0.4, 0.5) is 0 Å². The zero-order chi connectivity index (χ0) is 13.5. The maximum atomic E-state index is 4.98. The van der Waals surface area contributed by atoms with Crippen molar-refractivity contribution in [2.24, 2.45) is 0 Å². The standard InChI is InChI=1S/C14H18BrN3O/c1-19-7-6-16-9-13-10-17-14(18-13)8-11-2-4-12(15)5-3-11/h2-5,10,16H,6-9H2,1H3,(H,17,18). The average Bonchev–Trinajstić information content (AvgIpc) is 2.85. The fraction of sp³-hybridized carbons (Fsp3) is 0.357. The topological polar surface area (TPSA) is 49.9 Å². The number of hydrogen-bond donors (Lipinski definition) is 2. The van der Waals surface area contributed by atoms with Crippen molar-refractivity contribution in [1.29, 1.82) is 0 Å². The van der Waals surface area contributed by atoms with E-state index in [1.807, 2.05) is 18.3 Å². The maximum Gasteiger partial charge on any atom is 0.110 e. The summed E-state index contributed by atoms with van der Waals surface area (Å²) < 4.78 is 6.08. The van der Waals surface area contributed by atoms with Crippen molar-refractivity contribution in [2.75, 3.05) is 20.3 Å². The second kappa shape index (κ2) is 7.43. The quantitative estimate of drug-likeness (QED) is 0.770. The zero-order valence-electron chi connectivity index (χ0n) is 10.9. The lowest BCUT2D eigenvalue weighted by molar-refractivity contribution is 0.199. The number of H-pyrrole nitrogens is 1. The van der Waals surface area contributed by atoms with Crippen LogP contribution in [-0.2, 0) is 17.7 Å². The van der Waals surface area contributed by atoms with Gasteiger partial charge in [0.15, 0.2) is 0 Å². The second-order valence-electron chi connectivity index (χ2n) is 4.33. The third kappa shape index (κ3) is 4.78. The number of halogens is 1. The van der Waals surface area contributed by atoms with Crippen LogP contribution in [0, 0.1) is 0 Å². The Kier molecular flexibility index (Phi) is 5.57. The zero-order valence-corrected chi connectivity index (χ0v) is 12.5. The number of aromatic nitrogens is 2. The van der Waals surface area contributed by atoms with Gasteiger partial charge in [-0.1, -0.05) is 28.1 Å². The molecule has 0 aliphatic heterocycles. The molecule has 0 bridgehead atoms. The lowest BCUT2D eigenvalue weighted by Crippen LogP contribution is -2.18. The Morgan fingerprint density at radius 2 is 2.11 bits per heavy atom. The Morgan fingerprint density at radius 1 is 1.32 bits per heavy atom. The van der Waals surface area contributed by atoms with Crippen LogP contribution in [0.5, 0.6) is 0 Å². The van der Waals surface area contributed by atoms with E-state index in [1.54, 1.807) is 7.11 Å². The molecule has 5 heteroatoms. The van der Waals surface area contributed by atoms with E-state index < -0.39 is 0 Å². The molecule has 0 amide bonds. The average molecular weight is 324 g/mol. The van der Waals surface area contributed by atoms with Crippen LogP contribution in [0.1, 0.15) is 17.1 Å². The molecular weight excluding hydrogens is 306 g/mol. The monoisotopic (exact) mass is 323 g/mol. The fourth-order valence-electron chi connectivity index (χ4n) is 1.78. The van der Waals surface area contributed by atoms with Crippen molar-refractivity contribution in [3.8, 4) is 0 Å². The Labute approximate surface area is 121 Å². The summed E-state index contributed by atoms with van der Waals surface area (Å²) in [6.45, 7) is 2.36. The lowest BCUT2D eigenvalue weighted by Gasteiger charge is -2.01. The first-order valence-electron chi connectivity index (χ1n) is 6.25. The highest BCUT2D eigenvalue weighted by Crippen LogP contribution is 2.12. The number of aromatic amines is 1. The Bertz CT molecular complexity index is 496. The third-order valence-electron chi connectivity index (χ3n) is 2.76. The van der Waals surface area contributed by atoms with Crippen molar-refractivity contribution in [3.05, 3.63) is 52.0 Å². The predicted octanol–water partition coefficient (Wildman–Crippen LogP) is 2.50. The van der Waals surface area contributed by atoms with Gasteiger partial charge < -0.3 is 15.0 Å². The van der Waals surface area contributed by atoms with E-state index >= 15 is 0 Å². The number of ether oxygens (including phenoxy) is 1. The van der Waals surface area contributed by atoms with E-state index in [1.165, 1.54) is 5.56 Å². The summed E-state index contributed by atoms with van der Waals surface area (Å²) in [6.07, 6.45) is 2.71. The molecule has 0 spiro atoms. The summed E-state index contributed by atoms with van der Waals surface area (Å²) >= 11 is 3.43. The normalized spacial score (nSPS) is 10.8. The van der Waals surface area contributed by atoms with Gasteiger partial charge in [0.1, 0.15) is 5.82 Å². The largest absolute Gasteiger partial charge is 0.383 e. The van der Waals surface area contributed by atoms with Gasteiger partial charge >= 0.3 is 0 Å². The van der Waals surface area contributed by atoms with Crippen LogP contribution in [0.25, 0.3) is 0 Å². The molecule has 0 unspecified atom stereocenters. The molecule has 2 N–H and O–H groups in total. The van der Waals surface area contributed by atoms with Crippen molar-refractivity contribution in [3.63, 3.8) is 0 Å². The molecule has 0 fully saturated rings. The van der Waals surface area contributed by atoms with Crippen molar-refractivity contribution >= 4 is 15.9 Å².